The van der Waals surface area contributed by atoms with E-state index in [2.05, 4.69) is 45.2 Å². The summed E-state index contributed by atoms with van der Waals surface area (Å²) >= 11 is 4.41. The van der Waals surface area contributed by atoms with Crippen molar-refractivity contribution in [3.63, 3.8) is 0 Å². The maximum Gasteiger partial charge on any atom is 0.194 e. The Bertz CT molecular complexity index is 592. The van der Waals surface area contributed by atoms with Crippen LogP contribution in [0.5, 0.6) is 5.75 Å². The Morgan fingerprint density at radius 1 is 1.11 bits per heavy atom. The van der Waals surface area contributed by atoms with Crippen LogP contribution in [0, 0.1) is 7.14 Å². The number of carbonyl (C=O) groups is 1. The van der Waals surface area contributed by atoms with E-state index in [-0.39, 0.29) is 5.78 Å². The molecule has 0 aliphatic heterocycles. The van der Waals surface area contributed by atoms with Gasteiger partial charge in [-0.1, -0.05) is 0 Å². The highest BCUT2D eigenvalue weighted by molar-refractivity contribution is 14.1. The Hall–Kier alpha value is -0.630. The molecule has 2 nitrogen and oxygen atoms in total. The van der Waals surface area contributed by atoms with Crippen LogP contribution in [-0.2, 0) is 0 Å². The molecule has 0 bridgehead atoms. The number of ether oxygens (including phenoxy) is 1. The second-order valence-corrected chi connectivity index (χ2v) is 6.32. The van der Waals surface area contributed by atoms with Gasteiger partial charge in [0.05, 0.1) is 6.61 Å². The Labute approximate surface area is 139 Å². The molecule has 0 radical (unpaired) electrons. The number of rotatable bonds is 4. The molecule has 0 atom stereocenters. The summed E-state index contributed by atoms with van der Waals surface area (Å²) in [4.78, 5) is 12.4. The number of ketones is 1. The van der Waals surface area contributed by atoms with Crippen molar-refractivity contribution in [1.82, 2.24) is 0 Å². The van der Waals surface area contributed by atoms with Gasteiger partial charge in [0.15, 0.2) is 5.78 Å². The predicted molar refractivity (Wildman–Crippen MR) is 92.9 cm³/mol. The third-order valence-electron chi connectivity index (χ3n) is 2.60. The van der Waals surface area contributed by atoms with Crippen molar-refractivity contribution in [2.45, 2.75) is 6.92 Å². The summed E-state index contributed by atoms with van der Waals surface area (Å²) < 4.78 is 7.41. The lowest BCUT2D eigenvalue weighted by atomic mass is 10.0. The van der Waals surface area contributed by atoms with E-state index in [0.29, 0.717) is 12.2 Å². The SMILES string of the molecule is CCOc1ccc(C(=O)c2cc(I)ccc2I)cc1. The van der Waals surface area contributed by atoms with Crippen LogP contribution in [0.1, 0.15) is 22.8 Å². The van der Waals surface area contributed by atoms with E-state index in [1.807, 2.05) is 49.4 Å². The third kappa shape index (κ3) is 3.68. The summed E-state index contributed by atoms with van der Waals surface area (Å²) in [7, 11) is 0. The summed E-state index contributed by atoms with van der Waals surface area (Å²) in [6.45, 7) is 2.56. The molecule has 2 aromatic carbocycles. The molecule has 0 aliphatic rings. The first-order chi connectivity index (χ1) is 9.11. The van der Waals surface area contributed by atoms with Crippen LogP contribution >= 0.6 is 45.2 Å². The van der Waals surface area contributed by atoms with Gasteiger partial charge in [-0.15, -0.1) is 0 Å². The fourth-order valence-electron chi connectivity index (χ4n) is 1.70. The summed E-state index contributed by atoms with van der Waals surface area (Å²) in [5.74, 6) is 0.836. The predicted octanol–water partition coefficient (Wildman–Crippen LogP) is 4.53. The Balaban J connectivity index is 2.30. The molecule has 0 saturated carbocycles. The standard InChI is InChI=1S/C15H12I2O2/c1-2-19-12-6-3-10(4-7-12)15(18)13-9-11(16)5-8-14(13)17/h3-9H,2H2,1H3. The lowest BCUT2D eigenvalue weighted by Gasteiger charge is -2.06. The maximum absolute atomic E-state index is 12.4. The third-order valence-corrected chi connectivity index (χ3v) is 4.21. The first-order valence-electron chi connectivity index (χ1n) is 5.84. The van der Waals surface area contributed by atoms with Crippen LogP contribution in [0.4, 0.5) is 0 Å². The zero-order valence-corrected chi connectivity index (χ0v) is 14.6. The van der Waals surface area contributed by atoms with E-state index in [1.165, 1.54) is 0 Å². The Morgan fingerprint density at radius 2 is 1.79 bits per heavy atom. The normalized spacial score (nSPS) is 10.3. The molecule has 0 spiro atoms. The van der Waals surface area contributed by atoms with Crippen molar-refractivity contribution in [2.24, 2.45) is 0 Å². The van der Waals surface area contributed by atoms with Crippen molar-refractivity contribution in [2.75, 3.05) is 6.61 Å². The molecule has 0 aliphatic carbocycles. The zero-order chi connectivity index (χ0) is 13.8. The van der Waals surface area contributed by atoms with Gasteiger partial charge in [0, 0.05) is 18.3 Å². The Kier molecular flexibility index (Phi) is 5.20. The van der Waals surface area contributed by atoms with E-state index >= 15 is 0 Å². The maximum atomic E-state index is 12.4. The number of benzene rings is 2. The summed E-state index contributed by atoms with van der Waals surface area (Å²) in [5.41, 5.74) is 1.43. The van der Waals surface area contributed by atoms with Gasteiger partial charge in [0.1, 0.15) is 5.75 Å². The first-order valence-corrected chi connectivity index (χ1v) is 8.00. The van der Waals surface area contributed by atoms with E-state index in [4.69, 9.17) is 4.74 Å². The summed E-state index contributed by atoms with van der Waals surface area (Å²) in [6, 6.07) is 13.2. The van der Waals surface area contributed by atoms with Crippen molar-refractivity contribution in [1.29, 1.82) is 0 Å². The van der Waals surface area contributed by atoms with Crippen LogP contribution in [0.15, 0.2) is 42.5 Å². The van der Waals surface area contributed by atoms with E-state index in [9.17, 15) is 4.79 Å². The van der Waals surface area contributed by atoms with Gasteiger partial charge in [-0.2, -0.15) is 0 Å². The quantitative estimate of drug-likeness (QED) is 0.478. The molecule has 98 valence electrons. The van der Waals surface area contributed by atoms with Gasteiger partial charge in [0.25, 0.3) is 0 Å². The van der Waals surface area contributed by atoms with Crippen molar-refractivity contribution in [3.05, 3.63) is 60.7 Å². The van der Waals surface area contributed by atoms with Gasteiger partial charge in [-0.3, -0.25) is 4.79 Å². The molecule has 0 N–H and O–H groups in total. The lowest BCUT2D eigenvalue weighted by molar-refractivity contribution is 0.103. The van der Waals surface area contributed by atoms with E-state index < -0.39 is 0 Å². The van der Waals surface area contributed by atoms with Crippen LogP contribution in [-0.4, -0.2) is 12.4 Å². The fourth-order valence-corrected chi connectivity index (χ4v) is 2.77. The van der Waals surface area contributed by atoms with Gasteiger partial charge >= 0.3 is 0 Å². The summed E-state index contributed by atoms with van der Waals surface area (Å²) in [5, 5.41) is 0. The molecule has 0 heterocycles. The number of halogens is 2. The van der Waals surface area contributed by atoms with Crippen molar-refractivity contribution >= 4 is 51.0 Å². The molecule has 19 heavy (non-hydrogen) atoms. The number of hydrogen-bond acceptors (Lipinski definition) is 2. The lowest BCUT2D eigenvalue weighted by Crippen LogP contribution is -2.04. The second kappa shape index (κ2) is 6.69. The minimum absolute atomic E-state index is 0.0472. The average Bonchev–Trinajstić information content (AvgIpc) is 2.42. The monoisotopic (exact) mass is 478 g/mol. The molecule has 0 amide bonds. The molecular weight excluding hydrogens is 466 g/mol. The Morgan fingerprint density at radius 3 is 2.42 bits per heavy atom. The molecule has 2 aromatic rings. The van der Waals surface area contributed by atoms with Crippen LogP contribution < -0.4 is 4.74 Å². The highest BCUT2D eigenvalue weighted by Gasteiger charge is 2.13. The zero-order valence-electron chi connectivity index (χ0n) is 10.3. The highest BCUT2D eigenvalue weighted by atomic mass is 127. The highest BCUT2D eigenvalue weighted by Crippen LogP contribution is 2.21. The van der Waals surface area contributed by atoms with Gasteiger partial charge < -0.3 is 4.74 Å². The van der Waals surface area contributed by atoms with Gasteiger partial charge in [0.2, 0.25) is 0 Å². The molecule has 2 rings (SSSR count). The largest absolute Gasteiger partial charge is 0.494 e. The van der Waals surface area contributed by atoms with Gasteiger partial charge in [-0.05, 0) is 94.6 Å². The minimum atomic E-state index is 0.0472. The molecule has 0 aromatic heterocycles. The van der Waals surface area contributed by atoms with E-state index in [1.54, 1.807) is 0 Å². The molecule has 0 saturated heterocycles. The van der Waals surface area contributed by atoms with Crippen molar-refractivity contribution in [3.8, 4) is 5.75 Å². The summed E-state index contributed by atoms with van der Waals surface area (Å²) in [6.07, 6.45) is 0. The fraction of sp³-hybridized carbons (Fsp3) is 0.133. The van der Waals surface area contributed by atoms with Crippen LogP contribution in [0.25, 0.3) is 0 Å². The second-order valence-electron chi connectivity index (χ2n) is 3.91. The number of carbonyl (C=O) groups excluding carboxylic acids is 1. The van der Waals surface area contributed by atoms with Crippen molar-refractivity contribution < 1.29 is 9.53 Å². The molecule has 0 fully saturated rings. The molecule has 4 heteroatoms. The first kappa shape index (κ1) is 14.8. The smallest absolute Gasteiger partial charge is 0.194 e. The molecule has 0 unspecified atom stereocenters. The van der Waals surface area contributed by atoms with E-state index in [0.717, 1.165) is 18.5 Å². The molecular formula is C15H12I2O2. The number of hydrogen-bond donors (Lipinski definition) is 0. The topological polar surface area (TPSA) is 26.3 Å². The van der Waals surface area contributed by atoms with Crippen LogP contribution in [0.3, 0.4) is 0 Å². The average molecular weight is 478 g/mol. The van der Waals surface area contributed by atoms with Crippen LogP contribution in [0.2, 0.25) is 0 Å². The van der Waals surface area contributed by atoms with Gasteiger partial charge in [-0.25, -0.2) is 0 Å². The minimum Gasteiger partial charge on any atom is -0.494 e.